The fourth-order valence-corrected chi connectivity index (χ4v) is 14.5. The second kappa shape index (κ2) is 14.5. The zero-order valence-corrected chi connectivity index (χ0v) is 30.3. The zero-order chi connectivity index (χ0) is 36.0. The van der Waals surface area contributed by atoms with E-state index in [4.69, 9.17) is 54.9 Å². The Morgan fingerprint density at radius 2 is 0.865 bits per heavy atom. The number of nitrogens with two attached hydrogens (primary N) is 4. The monoisotopic (exact) mass is 755 g/mol. The van der Waals surface area contributed by atoms with Gasteiger partial charge in [-0.2, -0.15) is 0 Å². The number of anilines is 4. The second-order valence-corrected chi connectivity index (χ2v) is 17.8. The molecule has 0 saturated carbocycles. The first-order valence-corrected chi connectivity index (χ1v) is 20.3. The molecule has 7 rings (SSSR count). The quantitative estimate of drug-likeness (QED) is 0.0590. The average Bonchev–Trinajstić information content (AvgIpc) is 3.15. The van der Waals surface area contributed by atoms with E-state index in [1.54, 1.807) is 146 Å². The van der Waals surface area contributed by atoms with Crippen LogP contribution in [0.2, 0.25) is 0 Å². The van der Waals surface area contributed by atoms with Crippen LogP contribution in [0.15, 0.2) is 162 Å². The first kappa shape index (κ1) is 34.8. The van der Waals surface area contributed by atoms with Crippen molar-refractivity contribution in [2.45, 2.75) is 0 Å². The van der Waals surface area contributed by atoms with Crippen molar-refractivity contribution >= 4 is 46.9 Å². The van der Waals surface area contributed by atoms with E-state index < -0.39 is 24.1 Å². The number of benzene rings is 6. The van der Waals surface area contributed by atoms with Crippen molar-refractivity contribution in [3.63, 3.8) is 0 Å². The van der Waals surface area contributed by atoms with E-state index in [1.165, 1.54) is 4.60 Å². The predicted molar refractivity (Wildman–Crippen MR) is 210 cm³/mol. The summed E-state index contributed by atoms with van der Waals surface area (Å²) in [4.78, 5) is 10.3. The summed E-state index contributed by atoms with van der Waals surface area (Å²) in [7, 11) is -10.2. The molecule has 6 aromatic carbocycles. The van der Waals surface area contributed by atoms with Gasteiger partial charge in [0.2, 0.25) is 0 Å². The van der Waals surface area contributed by atoms with Crippen molar-refractivity contribution < 1.29 is 27.5 Å². The van der Waals surface area contributed by atoms with Gasteiger partial charge in [0.25, 0.3) is 0 Å². The molecule has 0 amide bonds. The molecular weight excluding hydrogens is 719 g/mol. The van der Waals surface area contributed by atoms with E-state index in [9.17, 15) is 0 Å². The number of para-hydroxylation sites is 10. The second-order valence-electron chi connectivity index (χ2n) is 11.2. The molecule has 0 aliphatic carbocycles. The van der Waals surface area contributed by atoms with Crippen molar-refractivity contribution in [2.24, 2.45) is 4.52 Å². The van der Waals surface area contributed by atoms with E-state index >= 15 is 0 Å². The summed E-state index contributed by atoms with van der Waals surface area (Å²) >= 11 is 0. The van der Waals surface area contributed by atoms with Gasteiger partial charge in [0, 0.05) is 0 Å². The molecule has 1 heterocycles. The molecule has 13 nitrogen and oxygen atoms in total. The van der Waals surface area contributed by atoms with E-state index in [0.29, 0.717) is 22.9 Å². The summed E-state index contributed by atoms with van der Waals surface area (Å²) in [5.74, 6) is 1.48. The minimum absolute atomic E-state index is 0.183. The molecular formula is C36H36N7O6P3. The molecule has 0 aromatic heterocycles. The third-order valence-corrected chi connectivity index (χ3v) is 16.0. The first-order valence-electron chi connectivity index (χ1n) is 15.9. The Morgan fingerprint density at radius 1 is 0.481 bits per heavy atom. The summed E-state index contributed by atoms with van der Waals surface area (Å²) in [5.41, 5.74) is 27.3. The SMILES string of the molecule is Nc1ccccc1OP1(Oc2ccccc2N)=NPNP(Oc2ccccc2)(Oc2ccccc2N)(Oc2ccccc2N)N1Oc1ccccc1. The molecule has 9 N–H and O–H groups in total. The van der Waals surface area contributed by atoms with Gasteiger partial charge >= 0.3 is 303 Å². The molecule has 0 spiro atoms. The topological polar surface area (TPSA) is 187 Å². The van der Waals surface area contributed by atoms with Crippen molar-refractivity contribution in [1.29, 1.82) is 0 Å². The van der Waals surface area contributed by atoms with Crippen molar-refractivity contribution in [2.75, 3.05) is 22.9 Å². The number of hydrogen-bond donors (Lipinski definition) is 5. The molecule has 1 aliphatic rings. The van der Waals surface area contributed by atoms with Crippen LogP contribution in [0.4, 0.5) is 22.7 Å². The van der Waals surface area contributed by atoms with Crippen LogP contribution in [-0.4, -0.2) is 4.60 Å². The number of nitrogens with zero attached hydrogens (tertiary/aromatic N) is 2. The molecule has 1 aliphatic heterocycles. The van der Waals surface area contributed by atoms with Gasteiger partial charge in [0.05, 0.1) is 0 Å². The van der Waals surface area contributed by atoms with Gasteiger partial charge in [0.1, 0.15) is 0 Å². The molecule has 16 heteroatoms. The zero-order valence-electron chi connectivity index (χ0n) is 27.6. The van der Waals surface area contributed by atoms with Crippen molar-refractivity contribution in [1.82, 2.24) is 9.46 Å². The summed E-state index contributed by atoms with van der Waals surface area (Å²) in [5, 5.41) is 0. The normalized spacial score (nSPS) is 17.0. The molecule has 0 bridgehead atoms. The number of nitrogens with one attached hydrogen (secondary N) is 1. The van der Waals surface area contributed by atoms with Crippen LogP contribution >= 0.6 is 24.1 Å². The van der Waals surface area contributed by atoms with Crippen LogP contribution in [0.25, 0.3) is 0 Å². The van der Waals surface area contributed by atoms with Gasteiger partial charge in [-0.1, -0.05) is 0 Å². The third kappa shape index (κ3) is 6.96. The van der Waals surface area contributed by atoms with Gasteiger partial charge < -0.3 is 0 Å². The van der Waals surface area contributed by atoms with E-state index in [0.717, 1.165) is 0 Å². The van der Waals surface area contributed by atoms with E-state index in [1.807, 2.05) is 12.1 Å². The molecule has 6 aromatic rings. The van der Waals surface area contributed by atoms with E-state index in [2.05, 4.69) is 4.86 Å². The van der Waals surface area contributed by atoms with E-state index in [-0.39, 0.29) is 34.4 Å². The summed E-state index contributed by atoms with van der Waals surface area (Å²) in [6, 6.07) is 45.6. The molecule has 52 heavy (non-hydrogen) atoms. The van der Waals surface area contributed by atoms with Gasteiger partial charge in [-0.25, -0.2) is 0 Å². The van der Waals surface area contributed by atoms with Gasteiger partial charge in [-0.3, -0.25) is 0 Å². The molecule has 1 unspecified atom stereocenters. The molecule has 0 saturated heterocycles. The summed E-state index contributed by atoms with van der Waals surface area (Å²) in [6.45, 7) is 0. The fraction of sp³-hybridized carbons (Fsp3) is 0. The number of hydrogen-bond acceptors (Lipinski definition) is 13. The van der Waals surface area contributed by atoms with Crippen LogP contribution in [0.1, 0.15) is 0 Å². The average molecular weight is 756 g/mol. The number of nitrogen functional groups attached to an aromatic ring is 4. The minimum atomic E-state index is -5.52. The maximum atomic E-state index is 7.15. The number of rotatable bonds is 12. The van der Waals surface area contributed by atoms with Crippen LogP contribution < -0.4 is 55.2 Å². The Labute approximate surface area is 302 Å². The third-order valence-electron chi connectivity index (χ3n) is 7.49. The molecule has 266 valence electrons. The van der Waals surface area contributed by atoms with Crippen molar-refractivity contribution in [3.05, 3.63) is 158 Å². The van der Waals surface area contributed by atoms with Crippen LogP contribution in [-0.2, 0) is 0 Å². The maximum absolute atomic E-state index is 7.15. The molecule has 0 radical (unpaired) electrons. The molecule has 0 fully saturated rings. The summed E-state index contributed by atoms with van der Waals surface area (Å²) < 4.78 is 41.6. The Morgan fingerprint density at radius 3 is 1.31 bits per heavy atom. The summed E-state index contributed by atoms with van der Waals surface area (Å²) in [6.07, 6.45) is 0. The van der Waals surface area contributed by atoms with Gasteiger partial charge in [-0.15, -0.1) is 0 Å². The Bertz CT molecular complexity index is 2140. The fourth-order valence-electron chi connectivity index (χ4n) is 5.03. The standard InChI is InChI=1S/C36H36N7O6P3/c37-29-19-7-11-23-33(29)45-51(46-34-24-12-8-20-30(34)38)41-50-42-52(47-28-17-5-2-6-18-28,48-35-25-13-9-21-31(35)39,49-36-26-14-10-22-32(36)40)43(51)44-27-15-3-1-4-16-27/h1-26,42,50H,37-40H2. The predicted octanol–water partition coefficient (Wildman–Crippen LogP) is 9.19. The first-order chi connectivity index (χ1) is 25.3. The van der Waals surface area contributed by atoms with Crippen molar-refractivity contribution in [3.8, 4) is 34.5 Å². The van der Waals surface area contributed by atoms with Gasteiger partial charge in [-0.05, 0) is 0 Å². The Balaban J connectivity index is 1.59. The van der Waals surface area contributed by atoms with Crippen LogP contribution in [0.3, 0.4) is 0 Å². The Hall–Kier alpha value is -5.67. The Kier molecular flexibility index (Phi) is 9.71. The van der Waals surface area contributed by atoms with Crippen LogP contribution in [0, 0.1) is 0 Å². The van der Waals surface area contributed by atoms with Gasteiger partial charge in [0.15, 0.2) is 0 Å². The van der Waals surface area contributed by atoms with Crippen LogP contribution in [0.5, 0.6) is 34.5 Å². The molecule has 1 atom stereocenters.